The van der Waals surface area contributed by atoms with Crippen LogP contribution in [0.3, 0.4) is 0 Å². The number of rotatable bonds is 3. The molecular formula is C15H14N2O. The van der Waals surface area contributed by atoms with Crippen molar-refractivity contribution in [3.63, 3.8) is 0 Å². The lowest BCUT2D eigenvalue weighted by molar-refractivity contribution is -0.112. The minimum Gasteiger partial charge on any atom is -0.366 e. The summed E-state index contributed by atoms with van der Waals surface area (Å²) in [7, 11) is 0. The molecule has 0 saturated carbocycles. The molecule has 2 rings (SSSR count). The van der Waals surface area contributed by atoms with Crippen LogP contribution in [-0.2, 0) is 4.79 Å². The molecule has 3 heteroatoms. The van der Waals surface area contributed by atoms with Crippen molar-refractivity contribution in [1.82, 2.24) is 4.98 Å². The predicted octanol–water partition coefficient (Wildman–Crippen LogP) is 2.50. The zero-order chi connectivity index (χ0) is 13.0. The van der Waals surface area contributed by atoms with Gasteiger partial charge in [0.2, 0.25) is 5.91 Å². The fourth-order valence-corrected chi connectivity index (χ4v) is 1.88. The van der Waals surface area contributed by atoms with Gasteiger partial charge in [0.1, 0.15) is 0 Å². The van der Waals surface area contributed by atoms with Gasteiger partial charge >= 0.3 is 0 Å². The van der Waals surface area contributed by atoms with E-state index in [0.717, 1.165) is 16.7 Å². The van der Waals surface area contributed by atoms with Crippen LogP contribution in [0.5, 0.6) is 0 Å². The first kappa shape index (κ1) is 12.0. The van der Waals surface area contributed by atoms with E-state index in [9.17, 15) is 4.79 Å². The number of carbonyl (C=O) groups excluding carboxylic acids is 1. The standard InChI is InChI=1S/C15H14N2O/c1-11(13-8-5-9-17-10-13)14(15(16)18)12-6-3-2-4-7-12/h2-10H,1H3,(H2,16,18). The number of carbonyl (C=O) groups is 1. The molecule has 0 radical (unpaired) electrons. The van der Waals surface area contributed by atoms with Gasteiger partial charge < -0.3 is 5.73 Å². The minimum atomic E-state index is -0.428. The van der Waals surface area contributed by atoms with Gasteiger partial charge in [0, 0.05) is 18.0 Å². The summed E-state index contributed by atoms with van der Waals surface area (Å²) in [5.74, 6) is -0.428. The van der Waals surface area contributed by atoms with Gasteiger partial charge in [-0.15, -0.1) is 0 Å². The van der Waals surface area contributed by atoms with Gasteiger partial charge in [0.25, 0.3) is 0 Å². The van der Waals surface area contributed by atoms with Crippen LogP contribution in [0.1, 0.15) is 18.1 Å². The van der Waals surface area contributed by atoms with Crippen LogP contribution in [0.25, 0.3) is 11.1 Å². The molecule has 0 aliphatic heterocycles. The summed E-state index contributed by atoms with van der Waals surface area (Å²) in [5, 5.41) is 0. The van der Waals surface area contributed by atoms with Gasteiger partial charge in [-0.3, -0.25) is 9.78 Å². The van der Waals surface area contributed by atoms with Crippen LogP contribution in [0, 0.1) is 0 Å². The van der Waals surface area contributed by atoms with E-state index in [1.807, 2.05) is 49.4 Å². The van der Waals surface area contributed by atoms with Crippen molar-refractivity contribution in [3.8, 4) is 0 Å². The Bertz CT molecular complexity index is 574. The number of hydrogen-bond acceptors (Lipinski definition) is 2. The number of amides is 1. The second kappa shape index (κ2) is 5.27. The molecule has 2 aromatic rings. The lowest BCUT2D eigenvalue weighted by atomic mass is 9.96. The van der Waals surface area contributed by atoms with Crippen molar-refractivity contribution >= 4 is 17.1 Å². The molecule has 0 aliphatic carbocycles. The van der Waals surface area contributed by atoms with Crippen molar-refractivity contribution < 1.29 is 4.79 Å². The maximum Gasteiger partial charge on any atom is 0.249 e. The molecule has 18 heavy (non-hydrogen) atoms. The summed E-state index contributed by atoms with van der Waals surface area (Å²) in [4.78, 5) is 15.7. The molecule has 0 bridgehead atoms. The number of hydrogen-bond donors (Lipinski definition) is 1. The van der Waals surface area contributed by atoms with Gasteiger partial charge in [0.05, 0.1) is 0 Å². The molecule has 0 unspecified atom stereocenters. The molecular weight excluding hydrogens is 224 g/mol. The zero-order valence-corrected chi connectivity index (χ0v) is 10.1. The Kier molecular flexibility index (Phi) is 3.53. The lowest BCUT2D eigenvalue weighted by Gasteiger charge is -2.09. The number of primary amides is 1. The van der Waals surface area contributed by atoms with Gasteiger partial charge in [-0.25, -0.2) is 0 Å². The number of nitrogens with zero attached hydrogens (tertiary/aromatic N) is 1. The topological polar surface area (TPSA) is 56.0 Å². The van der Waals surface area contributed by atoms with E-state index in [1.54, 1.807) is 12.4 Å². The molecule has 0 fully saturated rings. The largest absolute Gasteiger partial charge is 0.366 e. The summed E-state index contributed by atoms with van der Waals surface area (Å²) in [6, 6.07) is 13.2. The van der Waals surface area contributed by atoms with Crippen LogP contribution in [0.4, 0.5) is 0 Å². The summed E-state index contributed by atoms with van der Waals surface area (Å²) >= 11 is 0. The highest BCUT2D eigenvalue weighted by atomic mass is 16.1. The Morgan fingerprint density at radius 2 is 1.72 bits per heavy atom. The van der Waals surface area contributed by atoms with Crippen LogP contribution in [-0.4, -0.2) is 10.9 Å². The van der Waals surface area contributed by atoms with Crippen molar-refractivity contribution in [1.29, 1.82) is 0 Å². The molecule has 1 aromatic carbocycles. The number of allylic oxidation sites excluding steroid dienone is 1. The maximum atomic E-state index is 11.7. The number of benzene rings is 1. The van der Waals surface area contributed by atoms with Gasteiger partial charge in [-0.05, 0) is 29.7 Å². The quantitative estimate of drug-likeness (QED) is 0.835. The first-order chi connectivity index (χ1) is 8.70. The Hall–Kier alpha value is -2.42. The minimum absolute atomic E-state index is 0.428. The Morgan fingerprint density at radius 1 is 1.06 bits per heavy atom. The fourth-order valence-electron chi connectivity index (χ4n) is 1.88. The lowest BCUT2D eigenvalue weighted by Crippen LogP contribution is -2.14. The molecule has 3 nitrogen and oxygen atoms in total. The SMILES string of the molecule is CC(=C(C(N)=O)c1ccccc1)c1cccnc1. The Morgan fingerprint density at radius 3 is 2.28 bits per heavy atom. The third-order valence-corrected chi connectivity index (χ3v) is 2.78. The van der Waals surface area contributed by atoms with E-state index in [2.05, 4.69) is 4.98 Å². The zero-order valence-electron chi connectivity index (χ0n) is 10.1. The molecule has 0 spiro atoms. The average molecular weight is 238 g/mol. The van der Waals surface area contributed by atoms with E-state index in [4.69, 9.17) is 5.73 Å². The number of pyridine rings is 1. The van der Waals surface area contributed by atoms with Crippen molar-refractivity contribution in [3.05, 3.63) is 66.0 Å². The van der Waals surface area contributed by atoms with E-state index in [1.165, 1.54) is 0 Å². The van der Waals surface area contributed by atoms with Crippen LogP contribution >= 0.6 is 0 Å². The van der Waals surface area contributed by atoms with Crippen molar-refractivity contribution in [2.24, 2.45) is 5.73 Å². The van der Waals surface area contributed by atoms with Crippen LogP contribution in [0.15, 0.2) is 54.9 Å². The van der Waals surface area contributed by atoms with Crippen LogP contribution < -0.4 is 5.73 Å². The van der Waals surface area contributed by atoms with E-state index in [-0.39, 0.29) is 0 Å². The summed E-state index contributed by atoms with van der Waals surface area (Å²) in [5.41, 5.74) is 8.58. The summed E-state index contributed by atoms with van der Waals surface area (Å²) in [6.45, 7) is 1.88. The van der Waals surface area contributed by atoms with Crippen molar-refractivity contribution in [2.75, 3.05) is 0 Å². The molecule has 1 heterocycles. The molecule has 2 N–H and O–H groups in total. The molecule has 0 saturated heterocycles. The second-order valence-corrected chi connectivity index (χ2v) is 3.97. The number of nitrogens with two attached hydrogens (primary N) is 1. The summed E-state index contributed by atoms with van der Waals surface area (Å²) < 4.78 is 0. The Balaban J connectivity index is 2.58. The van der Waals surface area contributed by atoms with Crippen LogP contribution in [0.2, 0.25) is 0 Å². The van der Waals surface area contributed by atoms with E-state index in [0.29, 0.717) is 5.57 Å². The molecule has 0 aliphatic rings. The second-order valence-electron chi connectivity index (χ2n) is 3.97. The third kappa shape index (κ3) is 2.46. The van der Waals surface area contributed by atoms with Gasteiger partial charge in [-0.2, -0.15) is 0 Å². The highest BCUT2D eigenvalue weighted by molar-refractivity contribution is 6.26. The first-order valence-corrected chi connectivity index (χ1v) is 5.66. The maximum absolute atomic E-state index is 11.7. The van der Waals surface area contributed by atoms with E-state index < -0.39 is 5.91 Å². The van der Waals surface area contributed by atoms with Crippen molar-refractivity contribution in [2.45, 2.75) is 6.92 Å². The highest BCUT2D eigenvalue weighted by Gasteiger charge is 2.12. The molecule has 0 atom stereocenters. The van der Waals surface area contributed by atoms with E-state index >= 15 is 0 Å². The fraction of sp³-hybridized carbons (Fsp3) is 0.0667. The molecule has 1 aromatic heterocycles. The normalized spacial score (nSPS) is 11.8. The Labute approximate surface area is 106 Å². The number of aromatic nitrogens is 1. The van der Waals surface area contributed by atoms with Gasteiger partial charge in [-0.1, -0.05) is 36.4 Å². The van der Waals surface area contributed by atoms with Gasteiger partial charge in [0.15, 0.2) is 0 Å². The first-order valence-electron chi connectivity index (χ1n) is 5.66. The smallest absolute Gasteiger partial charge is 0.249 e. The molecule has 90 valence electrons. The highest BCUT2D eigenvalue weighted by Crippen LogP contribution is 2.25. The average Bonchev–Trinajstić information content (AvgIpc) is 2.40. The molecule has 1 amide bonds. The monoisotopic (exact) mass is 238 g/mol. The predicted molar refractivity (Wildman–Crippen MR) is 72.4 cm³/mol. The third-order valence-electron chi connectivity index (χ3n) is 2.78. The summed E-state index contributed by atoms with van der Waals surface area (Å²) in [6.07, 6.45) is 3.42.